The Bertz CT molecular complexity index is 848. The minimum absolute atomic E-state index is 0.0145. The van der Waals surface area contributed by atoms with Crippen molar-refractivity contribution in [3.63, 3.8) is 0 Å². The molecule has 5 rings (SSSR count). The van der Waals surface area contributed by atoms with Crippen molar-refractivity contribution in [3.05, 3.63) is 39.9 Å². The number of carbonyl (C=O) groups excluding carboxylic acids is 2. The molecule has 3 fully saturated rings. The minimum atomic E-state index is -0.444. The average Bonchev–Trinajstić information content (AvgIpc) is 3.33. The van der Waals surface area contributed by atoms with Crippen LogP contribution in [-0.2, 0) is 14.4 Å². The number of nitro benzene ring substituents is 1. The van der Waals surface area contributed by atoms with Gasteiger partial charge in [-0.15, -0.1) is 0 Å². The lowest BCUT2D eigenvalue weighted by Gasteiger charge is -2.29. The Morgan fingerprint density at radius 3 is 2.40 bits per heavy atom. The molecule has 6 atom stereocenters. The molecular weight excluding hydrogens is 326 g/mol. The molecule has 0 N–H and O–H groups in total. The first-order chi connectivity index (χ1) is 12.0. The maximum Gasteiger partial charge on any atom is 0.269 e. The Hall–Kier alpha value is -2.77. The molecule has 2 aliphatic heterocycles. The zero-order valence-electron chi connectivity index (χ0n) is 13.4. The number of oxime groups is 1. The summed E-state index contributed by atoms with van der Waals surface area (Å²) < 4.78 is 0. The van der Waals surface area contributed by atoms with Crippen LogP contribution in [0, 0.1) is 39.7 Å². The van der Waals surface area contributed by atoms with Crippen LogP contribution in [-0.4, -0.2) is 40.5 Å². The Kier molecular flexibility index (Phi) is 2.71. The Balaban J connectivity index is 1.49. The van der Waals surface area contributed by atoms with Gasteiger partial charge < -0.3 is 4.84 Å². The second-order valence-corrected chi connectivity index (χ2v) is 7.23. The maximum absolute atomic E-state index is 12.5. The summed E-state index contributed by atoms with van der Waals surface area (Å²) in [6.45, 7) is 0. The highest BCUT2D eigenvalue weighted by Gasteiger charge is 2.69. The molecular formula is C17H15N3O5. The van der Waals surface area contributed by atoms with Crippen molar-refractivity contribution in [2.45, 2.75) is 12.5 Å². The van der Waals surface area contributed by atoms with E-state index < -0.39 is 4.92 Å². The molecule has 2 amide bonds. The van der Waals surface area contributed by atoms with Crippen molar-refractivity contribution in [2.75, 3.05) is 7.05 Å². The van der Waals surface area contributed by atoms with Crippen LogP contribution in [0.3, 0.4) is 0 Å². The average molecular weight is 341 g/mol. The van der Waals surface area contributed by atoms with Gasteiger partial charge in [-0.25, -0.2) is 0 Å². The SMILES string of the molecule is CN1C(=O)[C@@H]2[C@H]3C[C@@H]([C@@H]4C(c5ccc([N+](=O)[O-])cc5)=NO[C@@H]34)[C@@H]2C1=O. The Morgan fingerprint density at radius 2 is 1.76 bits per heavy atom. The predicted octanol–water partition coefficient (Wildman–Crippen LogP) is 1.19. The van der Waals surface area contributed by atoms with Crippen LogP contribution in [0.5, 0.6) is 0 Å². The van der Waals surface area contributed by atoms with Crippen molar-refractivity contribution < 1.29 is 19.3 Å². The molecule has 1 aromatic rings. The molecule has 128 valence electrons. The number of imide groups is 1. The van der Waals surface area contributed by atoms with Gasteiger partial charge in [0.2, 0.25) is 11.8 Å². The number of benzene rings is 1. The molecule has 0 aromatic heterocycles. The van der Waals surface area contributed by atoms with Crippen molar-refractivity contribution in [1.82, 2.24) is 4.90 Å². The molecule has 25 heavy (non-hydrogen) atoms. The van der Waals surface area contributed by atoms with E-state index in [4.69, 9.17) is 4.84 Å². The molecule has 2 bridgehead atoms. The molecule has 1 aromatic carbocycles. The van der Waals surface area contributed by atoms with E-state index in [2.05, 4.69) is 5.16 Å². The third-order valence-electron chi connectivity index (χ3n) is 6.28. The molecule has 0 radical (unpaired) electrons. The number of non-ortho nitro benzene ring substituents is 1. The van der Waals surface area contributed by atoms with Crippen molar-refractivity contribution in [2.24, 2.45) is 34.7 Å². The summed E-state index contributed by atoms with van der Waals surface area (Å²) in [5.41, 5.74) is 1.53. The molecule has 1 saturated heterocycles. The number of fused-ring (bicyclic) bond motifs is 8. The van der Waals surface area contributed by atoms with Crippen LogP contribution < -0.4 is 0 Å². The van der Waals surface area contributed by atoms with E-state index in [1.54, 1.807) is 19.2 Å². The van der Waals surface area contributed by atoms with Crippen molar-refractivity contribution in [3.8, 4) is 0 Å². The number of rotatable bonds is 2. The fraction of sp³-hybridized carbons (Fsp3) is 0.471. The van der Waals surface area contributed by atoms with E-state index in [1.807, 2.05) is 0 Å². The number of amides is 2. The summed E-state index contributed by atoms with van der Waals surface area (Å²) in [7, 11) is 1.55. The Labute approximate surface area is 142 Å². The molecule has 8 nitrogen and oxygen atoms in total. The van der Waals surface area contributed by atoms with Gasteiger partial charge in [-0.2, -0.15) is 0 Å². The van der Waals surface area contributed by atoms with Gasteiger partial charge in [-0.3, -0.25) is 24.6 Å². The van der Waals surface area contributed by atoms with E-state index in [9.17, 15) is 19.7 Å². The topological polar surface area (TPSA) is 102 Å². The zero-order chi connectivity index (χ0) is 17.5. The lowest BCUT2D eigenvalue weighted by atomic mass is 9.71. The van der Waals surface area contributed by atoms with Gasteiger partial charge in [0.15, 0.2) is 0 Å². The minimum Gasteiger partial charge on any atom is -0.391 e. The Morgan fingerprint density at radius 1 is 1.12 bits per heavy atom. The molecule has 2 aliphatic carbocycles. The number of carbonyl (C=O) groups is 2. The summed E-state index contributed by atoms with van der Waals surface area (Å²) in [4.78, 5) is 42.1. The van der Waals surface area contributed by atoms with Crippen LogP contribution in [0.25, 0.3) is 0 Å². The largest absolute Gasteiger partial charge is 0.391 e. The van der Waals surface area contributed by atoms with Crippen LogP contribution >= 0.6 is 0 Å². The first kappa shape index (κ1) is 14.6. The van der Waals surface area contributed by atoms with Crippen LogP contribution in [0.2, 0.25) is 0 Å². The summed E-state index contributed by atoms with van der Waals surface area (Å²) in [6.07, 6.45) is 0.613. The third-order valence-corrected chi connectivity index (χ3v) is 6.28. The summed E-state index contributed by atoms with van der Waals surface area (Å²) in [5.74, 6) is -0.748. The van der Waals surface area contributed by atoms with E-state index in [1.165, 1.54) is 17.0 Å². The smallest absolute Gasteiger partial charge is 0.269 e. The maximum atomic E-state index is 12.5. The molecule has 0 spiro atoms. The number of nitrogens with zero attached hydrogens (tertiary/aromatic N) is 3. The second-order valence-electron chi connectivity index (χ2n) is 7.23. The summed E-state index contributed by atoms with van der Waals surface area (Å²) in [6, 6.07) is 6.22. The highest BCUT2D eigenvalue weighted by atomic mass is 16.6. The van der Waals surface area contributed by atoms with Gasteiger partial charge in [-0.1, -0.05) is 5.16 Å². The van der Waals surface area contributed by atoms with Crippen molar-refractivity contribution >= 4 is 23.2 Å². The molecule has 8 heteroatoms. The molecule has 2 saturated carbocycles. The highest BCUT2D eigenvalue weighted by molar-refractivity contribution is 6.08. The second kappa shape index (κ2) is 4.65. The van der Waals surface area contributed by atoms with Gasteiger partial charge in [0, 0.05) is 36.6 Å². The first-order valence-corrected chi connectivity index (χ1v) is 8.29. The van der Waals surface area contributed by atoms with E-state index in [0.717, 1.165) is 17.7 Å². The number of hydrogen-bond acceptors (Lipinski definition) is 6. The number of likely N-dealkylation sites (tertiary alicyclic amines) is 1. The first-order valence-electron chi connectivity index (χ1n) is 8.29. The van der Waals surface area contributed by atoms with Crippen LogP contribution in [0.15, 0.2) is 29.4 Å². The van der Waals surface area contributed by atoms with Gasteiger partial charge in [0.05, 0.1) is 22.5 Å². The van der Waals surface area contributed by atoms with Crippen LogP contribution in [0.1, 0.15) is 12.0 Å². The third kappa shape index (κ3) is 1.69. The van der Waals surface area contributed by atoms with Gasteiger partial charge in [-0.05, 0) is 24.5 Å². The molecule has 4 aliphatic rings. The lowest BCUT2D eigenvalue weighted by Crippen LogP contribution is -2.41. The molecule has 2 heterocycles. The van der Waals surface area contributed by atoms with Gasteiger partial charge in [0.1, 0.15) is 6.10 Å². The van der Waals surface area contributed by atoms with Gasteiger partial charge >= 0.3 is 0 Å². The number of hydrogen-bond donors (Lipinski definition) is 0. The van der Waals surface area contributed by atoms with E-state index in [-0.39, 0.29) is 53.2 Å². The van der Waals surface area contributed by atoms with Crippen LogP contribution in [0.4, 0.5) is 5.69 Å². The van der Waals surface area contributed by atoms with Gasteiger partial charge in [0.25, 0.3) is 5.69 Å². The number of nitro groups is 1. The van der Waals surface area contributed by atoms with Crippen molar-refractivity contribution in [1.29, 1.82) is 0 Å². The fourth-order valence-corrected chi connectivity index (χ4v) is 5.27. The van der Waals surface area contributed by atoms with E-state index >= 15 is 0 Å². The normalized spacial score (nSPS) is 37.8. The summed E-state index contributed by atoms with van der Waals surface area (Å²) >= 11 is 0. The monoisotopic (exact) mass is 341 g/mol. The standard InChI is InChI=1S/C17H15N3O5/c1-19-16(21)11-9-6-10(12(11)17(19)22)15-13(9)14(18-25-15)7-2-4-8(5-3-7)20(23)24/h2-5,9-13,15H,6H2,1H3/t9-,10-,11+,12-,13-,15+/m1/s1. The lowest BCUT2D eigenvalue weighted by molar-refractivity contribution is -0.384. The molecule has 0 unspecified atom stereocenters. The highest BCUT2D eigenvalue weighted by Crippen LogP contribution is 2.61. The zero-order valence-corrected chi connectivity index (χ0v) is 13.4. The summed E-state index contributed by atoms with van der Waals surface area (Å²) in [5, 5.41) is 15.0. The quantitative estimate of drug-likeness (QED) is 0.457. The predicted molar refractivity (Wildman–Crippen MR) is 84.4 cm³/mol. The van der Waals surface area contributed by atoms with E-state index in [0.29, 0.717) is 0 Å². The fourth-order valence-electron chi connectivity index (χ4n) is 5.27.